The van der Waals surface area contributed by atoms with Crippen LogP contribution < -0.4 is 9.08 Å². The normalized spacial score (nSPS) is 12.4. The minimum Gasteiger partial charge on any atom is -0.377 e. The van der Waals surface area contributed by atoms with Gasteiger partial charge in [-0.3, -0.25) is 0 Å². The Morgan fingerprint density at radius 2 is 1.63 bits per heavy atom. The summed E-state index contributed by atoms with van der Waals surface area (Å²) in [7, 11) is -2.19. The van der Waals surface area contributed by atoms with E-state index in [9.17, 15) is 21.6 Å². The monoisotopic (exact) mass is 437 g/mol. The van der Waals surface area contributed by atoms with Crippen LogP contribution in [0.3, 0.4) is 0 Å². The third kappa shape index (κ3) is 4.09. The minimum absolute atomic E-state index is 0.0785. The number of rotatable bonds is 5. The van der Waals surface area contributed by atoms with E-state index in [0.717, 1.165) is 22.0 Å². The largest absolute Gasteiger partial charge is 0.534 e. The molecule has 0 aromatic heterocycles. The summed E-state index contributed by atoms with van der Waals surface area (Å²) in [5.74, 6) is -0.286. The fraction of sp³-hybridized carbons (Fsp3) is 0.273. The van der Waals surface area contributed by atoms with E-state index < -0.39 is 15.6 Å². The molecule has 0 aliphatic heterocycles. The van der Waals surface area contributed by atoms with Gasteiger partial charge >= 0.3 is 15.6 Å². The van der Waals surface area contributed by atoms with E-state index in [1.807, 2.05) is 69.2 Å². The minimum atomic E-state index is -5.81. The van der Waals surface area contributed by atoms with Crippen LogP contribution >= 0.6 is 0 Å². The van der Waals surface area contributed by atoms with Crippen LogP contribution in [-0.4, -0.2) is 28.0 Å². The molecule has 0 bridgehead atoms. The van der Waals surface area contributed by atoms with Crippen LogP contribution in [0.15, 0.2) is 54.6 Å². The predicted octanol–water partition coefficient (Wildman–Crippen LogP) is 5.92. The van der Waals surface area contributed by atoms with E-state index in [1.165, 1.54) is 6.07 Å². The lowest BCUT2D eigenvalue weighted by molar-refractivity contribution is -0.0499. The number of anilines is 1. The average molecular weight is 437 g/mol. The second-order valence-electron chi connectivity index (χ2n) is 7.47. The van der Waals surface area contributed by atoms with Gasteiger partial charge in [0.15, 0.2) is 5.75 Å². The van der Waals surface area contributed by atoms with Crippen LogP contribution in [-0.2, 0) is 10.1 Å². The summed E-state index contributed by atoms with van der Waals surface area (Å²) in [5, 5.41) is 1.65. The van der Waals surface area contributed by atoms with E-state index in [4.69, 9.17) is 0 Å². The van der Waals surface area contributed by atoms with Gasteiger partial charge < -0.3 is 9.08 Å². The predicted molar refractivity (Wildman–Crippen MR) is 113 cm³/mol. The average Bonchev–Trinajstić information content (AvgIpc) is 2.66. The first-order valence-electron chi connectivity index (χ1n) is 9.26. The molecule has 4 nitrogen and oxygen atoms in total. The molecule has 0 saturated carbocycles. The topological polar surface area (TPSA) is 46.6 Å². The maximum absolute atomic E-state index is 13.0. The second kappa shape index (κ2) is 7.83. The Balaban J connectivity index is 2.37. The fourth-order valence-electron chi connectivity index (χ4n) is 3.26. The van der Waals surface area contributed by atoms with E-state index in [0.29, 0.717) is 5.56 Å². The zero-order valence-corrected chi connectivity index (χ0v) is 17.8. The van der Waals surface area contributed by atoms with Crippen molar-refractivity contribution < 1.29 is 25.8 Å². The summed E-state index contributed by atoms with van der Waals surface area (Å²) in [5.41, 5.74) is -3.06. The SMILES string of the molecule is CC(C)c1ccc(OS(=O)(=O)C(F)(F)F)c(-c2c(N(C)C)ccc3ccccc23)c1. The Kier molecular flexibility index (Phi) is 5.73. The molecule has 0 saturated heterocycles. The maximum atomic E-state index is 13.0. The zero-order chi connectivity index (χ0) is 22.3. The van der Waals surface area contributed by atoms with Gasteiger partial charge in [0.1, 0.15) is 0 Å². The smallest absolute Gasteiger partial charge is 0.377 e. The number of hydrogen-bond acceptors (Lipinski definition) is 4. The van der Waals surface area contributed by atoms with E-state index in [-0.39, 0.29) is 17.2 Å². The fourth-order valence-corrected chi connectivity index (χ4v) is 3.73. The zero-order valence-electron chi connectivity index (χ0n) is 17.0. The third-order valence-electron chi connectivity index (χ3n) is 4.81. The molecular weight excluding hydrogens is 415 g/mol. The number of hydrogen-bond donors (Lipinski definition) is 0. The third-order valence-corrected chi connectivity index (χ3v) is 5.78. The van der Waals surface area contributed by atoms with Crippen LogP contribution in [0, 0.1) is 0 Å². The van der Waals surface area contributed by atoms with Gasteiger partial charge in [-0.15, -0.1) is 0 Å². The highest BCUT2D eigenvalue weighted by Gasteiger charge is 2.49. The van der Waals surface area contributed by atoms with Crippen LogP contribution in [0.1, 0.15) is 25.3 Å². The summed E-state index contributed by atoms with van der Waals surface area (Å²) in [6.45, 7) is 3.89. The lowest BCUT2D eigenvalue weighted by atomic mass is 9.92. The molecule has 0 amide bonds. The van der Waals surface area contributed by atoms with Crippen molar-refractivity contribution in [1.29, 1.82) is 0 Å². The molecule has 3 aromatic carbocycles. The molecule has 0 aliphatic carbocycles. The second-order valence-corrected chi connectivity index (χ2v) is 9.01. The van der Waals surface area contributed by atoms with Crippen molar-refractivity contribution >= 4 is 26.6 Å². The summed E-state index contributed by atoms with van der Waals surface area (Å²) < 4.78 is 67.1. The molecule has 0 spiro atoms. The first-order valence-corrected chi connectivity index (χ1v) is 10.7. The molecule has 3 aromatic rings. The van der Waals surface area contributed by atoms with Gasteiger partial charge in [0.25, 0.3) is 0 Å². The quantitative estimate of drug-likeness (QED) is 0.367. The van der Waals surface area contributed by atoms with Gasteiger partial charge in [-0.25, -0.2) is 0 Å². The molecule has 0 radical (unpaired) electrons. The first-order chi connectivity index (χ1) is 13.9. The van der Waals surface area contributed by atoms with Gasteiger partial charge in [0, 0.05) is 30.9 Å². The maximum Gasteiger partial charge on any atom is 0.534 e. The molecule has 3 rings (SSSR count). The standard InChI is InChI=1S/C22H22F3NO3S/c1-14(2)16-10-12-20(29-30(27,28)22(23,24)25)18(13-16)21-17-8-6-5-7-15(17)9-11-19(21)26(3)4/h5-14H,1-4H3. The number of halogens is 3. The van der Waals surface area contributed by atoms with Crippen molar-refractivity contribution in [3.05, 3.63) is 60.2 Å². The number of benzene rings is 3. The molecule has 0 N–H and O–H groups in total. The first kappa shape index (κ1) is 22.0. The van der Waals surface area contributed by atoms with Gasteiger partial charge in [-0.1, -0.05) is 50.2 Å². The summed E-state index contributed by atoms with van der Waals surface area (Å²) >= 11 is 0. The molecule has 0 aliphatic rings. The lowest BCUT2D eigenvalue weighted by Gasteiger charge is -2.22. The Hall–Kier alpha value is -2.74. The van der Waals surface area contributed by atoms with E-state index >= 15 is 0 Å². The summed E-state index contributed by atoms with van der Waals surface area (Å²) in [6.07, 6.45) is 0. The molecule has 0 atom stereocenters. The van der Waals surface area contributed by atoms with Crippen LogP contribution in [0.25, 0.3) is 21.9 Å². The van der Waals surface area contributed by atoms with Crippen molar-refractivity contribution in [2.24, 2.45) is 0 Å². The van der Waals surface area contributed by atoms with Crippen molar-refractivity contribution in [3.8, 4) is 16.9 Å². The van der Waals surface area contributed by atoms with Gasteiger partial charge in [-0.2, -0.15) is 21.6 Å². The van der Waals surface area contributed by atoms with E-state index in [1.54, 1.807) is 12.1 Å². The van der Waals surface area contributed by atoms with E-state index in [2.05, 4.69) is 4.18 Å². The molecule has 0 heterocycles. The number of alkyl halides is 3. The highest BCUT2D eigenvalue weighted by atomic mass is 32.2. The summed E-state index contributed by atoms with van der Waals surface area (Å²) in [6, 6.07) is 15.7. The molecule has 8 heteroatoms. The van der Waals surface area contributed by atoms with Crippen molar-refractivity contribution in [2.45, 2.75) is 25.3 Å². The lowest BCUT2D eigenvalue weighted by Crippen LogP contribution is -2.28. The Bertz CT molecular complexity index is 1190. The Morgan fingerprint density at radius 1 is 0.967 bits per heavy atom. The van der Waals surface area contributed by atoms with Crippen LogP contribution in [0.5, 0.6) is 5.75 Å². The van der Waals surface area contributed by atoms with Gasteiger partial charge in [0.05, 0.1) is 0 Å². The van der Waals surface area contributed by atoms with Crippen molar-refractivity contribution in [3.63, 3.8) is 0 Å². The van der Waals surface area contributed by atoms with Crippen molar-refractivity contribution in [2.75, 3.05) is 19.0 Å². The summed E-state index contributed by atoms with van der Waals surface area (Å²) in [4.78, 5) is 1.83. The van der Waals surface area contributed by atoms with Gasteiger partial charge in [0.2, 0.25) is 0 Å². The van der Waals surface area contributed by atoms with Crippen molar-refractivity contribution in [1.82, 2.24) is 0 Å². The highest BCUT2D eigenvalue weighted by molar-refractivity contribution is 7.88. The van der Waals surface area contributed by atoms with Crippen LogP contribution in [0.2, 0.25) is 0 Å². The molecular formula is C22H22F3NO3S. The Morgan fingerprint density at radius 3 is 2.23 bits per heavy atom. The molecule has 0 fully saturated rings. The van der Waals surface area contributed by atoms with Crippen LogP contribution in [0.4, 0.5) is 18.9 Å². The Labute approximate surface area is 174 Å². The molecule has 160 valence electrons. The van der Waals surface area contributed by atoms with Gasteiger partial charge in [-0.05, 0) is 40.5 Å². The molecule has 30 heavy (non-hydrogen) atoms. The highest BCUT2D eigenvalue weighted by Crippen LogP contribution is 2.43. The molecule has 0 unspecified atom stereocenters. The number of fused-ring (bicyclic) bond motifs is 1. The number of nitrogens with zero attached hydrogens (tertiary/aromatic N) is 1.